The van der Waals surface area contributed by atoms with Gasteiger partial charge in [-0.1, -0.05) is 46.8 Å². The van der Waals surface area contributed by atoms with Crippen LogP contribution in [0.4, 0.5) is 4.39 Å². The summed E-state index contributed by atoms with van der Waals surface area (Å²) < 4.78 is 13.5. The molecule has 118 valence electrons. The molecule has 2 rings (SSSR count). The van der Waals surface area contributed by atoms with Crippen molar-refractivity contribution < 1.29 is 4.39 Å². The summed E-state index contributed by atoms with van der Waals surface area (Å²) in [6, 6.07) is 7.20. The highest BCUT2D eigenvalue weighted by Gasteiger charge is 2.38. The Hall–Kier alpha value is -0.890. The van der Waals surface area contributed by atoms with Gasteiger partial charge < -0.3 is 4.90 Å². The number of rotatable bonds is 4. The van der Waals surface area contributed by atoms with Crippen LogP contribution < -0.4 is 0 Å². The van der Waals surface area contributed by atoms with Crippen LogP contribution in [0.3, 0.4) is 0 Å². The van der Waals surface area contributed by atoms with Crippen LogP contribution in [-0.2, 0) is 5.41 Å². The lowest BCUT2D eigenvalue weighted by atomic mass is 9.68. The summed E-state index contributed by atoms with van der Waals surface area (Å²) in [5.74, 6) is 1.90. The fourth-order valence-electron chi connectivity index (χ4n) is 3.37. The van der Waals surface area contributed by atoms with Gasteiger partial charge in [0.05, 0.1) is 0 Å². The summed E-state index contributed by atoms with van der Waals surface area (Å²) in [5.41, 5.74) is 1.26. The Kier molecular flexibility index (Phi) is 5.08. The molecule has 0 aromatic heterocycles. The molecule has 21 heavy (non-hydrogen) atoms. The average Bonchev–Trinajstić information content (AvgIpc) is 2.43. The lowest BCUT2D eigenvalue weighted by Gasteiger charge is -2.46. The highest BCUT2D eigenvalue weighted by atomic mass is 19.1. The van der Waals surface area contributed by atoms with Gasteiger partial charge in [0, 0.05) is 13.1 Å². The second-order valence-corrected chi connectivity index (χ2v) is 7.56. The minimum absolute atomic E-state index is 0.0969. The van der Waals surface area contributed by atoms with Gasteiger partial charge in [-0.25, -0.2) is 4.39 Å². The van der Waals surface area contributed by atoms with Crippen LogP contribution in [-0.4, -0.2) is 24.5 Å². The van der Waals surface area contributed by atoms with E-state index in [9.17, 15) is 4.39 Å². The van der Waals surface area contributed by atoms with E-state index in [1.165, 1.54) is 12.6 Å². The van der Waals surface area contributed by atoms with E-state index in [-0.39, 0.29) is 11.2 Å². The van der Waals surface area contributed by atoms with Gasteiger partial charge in [-0.15, -0.1) is 0 Å². The Morgan fingerprint density at radius 1 is 1.33 bits per heavy atom. The first kappa shape index (κ1) is 16.5. The van der Waals surface area contributed by atoms with Crippen LogP contribution in [0.25, 0.3) is 0 Å². The molecule has 1 saturated heterocycles. The third-order valence-electron chi connectivity index (χ3n) is 5.74. The zero-order valence-electron chi connectivity index (χ0n) is 14.2. The Balaban J connectivity index is 2.06. The molecule has 1 fully saturated rings. The third-order valence-corrected chi connectivity index (χ3v) is 5.74. The standard InChI is InChI=1S/C19H30FN/c1-14(2)15(3)12-21-10-9-19(5,16(4)13-21)17-7-6-8-18(20)11-17/h6-8,11,14-16H,9-10,12-13H2,1-5H3. The molecule has 2 heteroatoms. The Morgan fingerprint density at radius 3 is 2.62 bits per heavy atom. The molecule has 0 spiro atoms. The van der Waals surface area contributed by atoms with Gasteiger partial charge in [0.25, 0.3) is 0 Å². The molecule has 0 bridgehead atoms. The molecule has 0 radical (unpaired) electrons. The van der Waals surface area contributed by atoms with Crippen molar-refractivity contribution in [2.45, 2.75) is 46.5 Å². The van der Waals surface area contributed by atoms with Gasteiger partial charge in [0.2, 0.25) is 0 Å². The maximum atomic E-state index is 13.5. The van der Waals surface area contributed by atoms with Crippen molar-refractivity contribution in [1.29, 1.82) is 0 Å². The number of likely N-dealkylation sites (tertiary alicyclic amines) is 1. The van der Waals surface area contributed by atoms with Crippen molar-refractivity contribution in [2.75, 3.05) is 19.6 Å². The van der Waals surface area contributed by atoms with Crippen LogP contribution in [0, 0.1) is 23.6 Å². The van der Waals surface area contributed by atoms with Crippen LogP contribution in [0.5, 0.6) is 0 Å². The van der Waals surface area contributed by atoms with Crippen molar-refractivity contribution in [1.82, 2.24) is 4.90 Å². The van der Waals surface area contributed by atoms with Crippen molar-refractivity contribution in [3.63, 3.8) is 0 Å². The molecule has 0 N–H and O–H groups in total. The predicted octanol–water partition coefficient (Wildman–Crippen LogP) is 4.72. The first-order valence-electron chi connectivity index (χ1n) is 8.31. The SMILES string of the molecule is CC(C)C(C)CN1CCC(C)(c2cccc(F)c2)C(C)C1. The zero-order chi connectivity index (χ0) is 15.6. The number of halogens is 1. The molecule has 1 heterocycles. The van der Waals surface area contributed by atoms with Crippen LogP contribution in [0.1, 0.15) is 46.6 Å². The van der Waals surface area contributed by atoms with Gasteiger partial charge in [0.1, 0.15) is 5.82 Å². The largest absolute Gasteiger partial charge is 0.303 e. The molecule has 0 aliphatic carbocycles. The van der Waals surface area contributed by atoms with E-state index in [1.54, 1.807) is 6.07 Å². The van der Waals surface area contributed by atoms with Crippen LogP contribution in [0.2, 0.25) is 0 Å². The number of piperidine rings is 1. The maximum absolute atomic E-state index is 13.5. The second kappa shape index (κ2) is 6.48. The molecular weight excluding hydrogens is 261 g/mol. The Morgan fingerprint density at radius 2 is 2.05 bits per heavy atom. The normalized spacial score (nSPS) is 28.8. The fraction of sp³-hybridized carbons (Fsp3) is 0.684. The first-order valence-corrected chi connectivity index (χ1v) is 8.31. The molecular formula is C19H30FN. The zero-order valence-corrected chi connectivity index (χ0v) is 14.2. The Labute approximate surface area is 129 Å². The third kappa shape index (κ3) is 3.66. The summed E-state index contributed by atoms with van der Waals surface area (Å²) in [6.45, 7) is 15.0. The first-order chi connectivity index (χ1) is 9.83. The van der Waals surface area contributed by atoms with Gasteiger partial charge in [-0.05, 0) is 53.8 Å². The van der Waals surface area contributed by atoms with Crippen molar-refractivity contribution >= 4 is 0 Å². The van der Waals surface area contributed by atoms with Crippen LogP contribution in [0.15, 0.2) is 24.3 Å². The van der Waals surface area contributed by atoms with Gasteiger partial charge >= 0.3 is 0 Å². The Bertz CT molecular complexity index is 470. The summed E-state index contributed by atoms with van der Waals surface area (Å²) in [4.78, 5) is 2.59. The minimum atomic E-state index is -0.114. The molecule has 1 aromatic carbocycles. The van der Waals surface area contributed by atoms with Gasteiger partial charge in [-0.3, -0.25) is 0 Å². The van der Waals surface area contributed by atoms with E-state index in [4.69, 9.17) is 0 Å². The summed E-state index contributed by atoms with van der Waals surface area (Å²) in [7, 11) is 0. The summed E-state index contributed by atoms with van der Waals surface area (Å²) in [6.07, 6.45) is 1.11. The lowest BCUT2D eigenvalue weighted by Crippen LogP contribution is -2.48. The van der Waals surface area contributed by atoms with Crippen LogP contribution >= 0.6 is 0 Å². The van der Waals surface area contributed by atoms with E-state index < -0.39 is 0 Å². The molecule has 1 aliphatic rings. The average molecular weight is 291 g/mol. The maximum Gasteiger partial charge on any atom is 0.123 e. The van der Waals surface area contributed by atoms with Crippen molar-refractivity contribution in [3.8, 4) is 0 Å². The van der Waals surface area contributed by atoms with E-state index >= 15 is 0 Å². The van der Waals surface area contributed by atoms with Crippen molar-refractivity contribution in [2.24, 2.45) is 17.8 Å². The number of nitrogens with zero attached hydrogens (tertiary/aromatic N) is 1. The number of hydrogen-bond acceptors (Lipinski definition) is 1. The van der Waals surface area contributed by atoms with E-state index in [0.717, 1.165) is 36.9 Å². The monoisotopic (exact) mass is 291 g/mol. The predicted molar refractivity (Wildman–Crippen MR) is 88.0 cm³/mol. The van der Waals surface area contributed by atoms with Crippen molar-refractivity contribution in [3.05, 3.63) is 35.6 Å². The quantitative estimate of drug-likeness (QED) is 0.776. The van der Waals surface area contributed by atoms with E-state index in [2.05, 4.69) is 45.6 Å². The smallest absolute Gasteiger partial charge is 0.123 e. The molecule has 0 amide bonds. The van der Waals surface area contributed by atoms with Gasteiger partial charge in [0.15, 0.2) is 0 Å². The molecule has 3 atom stereocenters. The molecule has 3 unspecified atom stereocenters. The molecule has 0 saturated carbocycles. The lowest BCUT2D eigenvalue weighted by molar-refractivity contribution is 0.0918. The topological polar surface area (TPSA) is 3.24 Å². The number of hydrogen-bond donors (Lipinski definition) is 0. The summed E-state index contributed by atoms with van der Waals surface area (Å²) in [5, 5.41) is 0. The summed E-state index contributed by atoms with van der Waals surface area (Å²) >= 11 is 0. The highest BCUT2D eigenvalue weighted by molar-refractivity contribution is 5.27. The molecule has 1 aliphatic heterocycles. The fourth-order valence-corrected chi connectivity index (χ4v) is 3.37. The van der Waals surface area contributed by atoms with E-state index in [0.29, 0.717) is 5.92 Å². The minimum Gasteiger partial charge on any atom is -0.303 e. The van der Waals surface area contributed by atoms with Gasteiger partial charge in [-0.2, -0.15) is 0 Å². The van der Waals surface area contributed by atoms with E-state index in [1.807, 2.05) is 6.07 Å². The molecule has 1 aromatic rings. The molecule has 1 nitrogen and oxygen atoms in total. The number of benzene rings is 1. The second-order valence-electron chi connectivity index (χ2n) is 7.56. The highest BCUT2D eigenvalue weighted by Crippen LogP contribution is 2.39.